The Hall–Kier alpha value is -0.610. The molecule has 78 valence electrons. The zero-order valence-corrected chi connectivity index (χ0v) is 8.70. The summed E-state index contributed by atoms with van der Waals surface area (Å²) in [6.07, 6.45) is -2.00. The Balaban J connectivity index is 2.95. The van der Waals surface area contributed by atoms with E-state index in [1.807, 2.05) is 13.0 Å². The number of rotatable bonds is 3. The smallest absolute Gasteiger partial charge is 0.108 e. The molecule has 1 rings (SSSR count). The lowest BCUT2D eigenvalue weighted by Crippen LogP contribution is -2.27. The highest BCUT2D eigenvalue weighted by Gasteiger charge is 2.18. The average Bonchev–Trinajstić information content (AvgIpc) is 2.15. The molecule has 1 aromatic carbocycles. The Morgan fingerprint density at radius 2 is 2.07 bits per heavy atom. The van der Waals surface area contributed by atoms with Crippen molar-refractivity contribution in [3.63, 3.8) is 0 Å². The van der Waals surface area contributed by atoms with Gasteiger partial charge in [0.1, 0.15) is 6.10 Å². The van der Waals surface area contributed by atoms with Gasteiger partial charge in [-0.3, -0.25) is 0 Å². The molecule has 0 aliphatic heterocycles. The molecule has 2 unspecified atom stereocenters. The molecule has 0 bridgehead atoms. The predicted molar refractivity (Wildman–Crippen MR) is 56.2 cm³/mol. The number of halogens is 1. The Morgan fingerprint density at radius 1 is 1.43 bits per heavy atom. The summed E-state index contributed by atoms with van der Waals surface area (Å²) in [7, 11) is 0. The molecule has 0 aliphatic carbocycles. The lowest BCUT2D eigenvalue weighted by molar-refractivity contribution is 0.0244. The van der Waals surface area contributed by atoms with Gasteiger partial charge in [0.05, 0.1) is 6.10 Å². The zero-order valence-electron chi connectivity index (χ0n) is 7.94. The summed E-state index contributed by atoms with van der Waals surface area (Å²) < 4.78 is 0. The van der Waals surface area contributed by atoms with Crippen molar-refractivity contribution in [3.05, 3.63) is 34.3 Å². The lowest BCUT2D eigenvalue weighted by atomic mass is 10.0. The quantitative estimate of drug-likeness (QED) is 0.705. The fourth-order valence-corrected chi connectivity index (χ4v) is 1.56. The highest BCUT2D eigenvalue weighted by atomic mass is 35.5. The number of hydrogen-bond acceptors (Lipinski definition) is 3. The topological polar surface area (TPSA) is 66.5 Å². The highest BCUT2D eigenvalue weighted by Crippen LogP contribution is 2.25. The standard InChI is InChI=1S/C10H14ClNO2/c1-6-2-3-7(8(11)4-6)10(14)9(13)5-12/h2-4,9-10,13-14H,5,12H2,1H3. The van der Waals surface area contributed by atoms with Crippen LogP contribution in [0.25, 0.3) is 0 Å². The summed E-state index contributed by atoms with van der Waals surface area (Å²) in [5, 5.41) is 19.4. The summed E-state index contributed by atoms with van der Waals surface area (Å²) in [6, 6.07) is 5.26. The Bertz CT molecular complexity index is 317. The van der Waals surface area contributed by atoms with Crippen LogP contribution in [0.2, 0.25) is 5.02 Å². The monoisotopic (exact) mass is 215 g/mol. The first-order valence-electron chi connectivity index (χ1n) is 4.38. The van der Waals surface area contributed by atoms with Gasteiger partial charge in [0.15, 0.2) is 0 Å². The number of aliphatic hydroxyl groups excluding tert-OH is 2. The third-order valence-corrected chi connectivity index (χ3v) is 2.41. The maximum atomic E-state index is 9.65. The van der Waals surface area contributed by atoms with Crippen LogP contribution in [0, 0.1) is 6.92 Å². The fourth-order valence-electron chi connectivity index (χ4n) is 1.21. The van der Waals surface area contributed by atoms with Crippen LogP contribution in [0.5, 0.6) is 0 Å². The maximum Gasteiger partial charge on any atom is 0.108 e. The van der Waals surface area contributed by atoms with Gasteiger partial charge in [0.2, 0.25) is 0 Å². The van der Waals surface area contributed by atoms with Gasteiger partial charge >= 0.3 is 0 Å². The van der Waals surface area contributed by atoms with Crippen LogP contribution in [0.3, 0.4) is 0 Å². The van der Waals surface area contributed by atoms with Gasteiger partial charge in [0.25, 0.3) is 0 Å². The molecule has 14 heavy (non-hydrogen) atoms. The molecule has 0 amide bonds. The van der Waals surface area contributed by atoms with Gasteiger partial charge in [-0.2, -0.15) is 0 Å². The number of benzene rings is 1. The largest absolute Gasteiger partial charge is 0.389 e. The van der Waals surface area contributed by atoms with E-state index in [1.54, 1.807) is 12.1 Å². The van der Waals surface area contributed by atoms with Crippen molar-refractivity contribution in [2.45, 2.75) is 19.1 Å². The summed E-state index contributed by atoms with van der Waals surface area (Å²) in [5.74, 6) is 0. The Labute approximate surface area is 88.1 Å². The molecule has 2 atom stereocenters. The Kier molecular flexibility index (Phi) is 3.89. The van der Waals surface area contributed by atoms with Gasteiger partial charge in [-0.1, -0.05) is 23.7 Å². The van der Waals surface area contributed by atoms with E-state index in [0.717, 1.165) is 5.56 Å². The summed E-state index contributed by atoms with van der Waals surface area (Å²) >= 11 is 5.91. The highest BCUT2D eigenvalue weighted by molar-refractivity contribution is 6.31. The first-order chi connectivity index (χ1) is 6.56. The second-order valence-corrected chi connectivity index (χ2v) is 3.68. The van der Waals surface area contributed by atoms with Crippen LogP contribution in [-0.2, 0) is 0 Å². The normalized spacial score (nSPS) is 15.2. The van der Waals surface area contributed by atoms with Crippen LogP contribution in [0.4, 0.5) is 0 Å². The van der Waals surface area contributed by atoms with Gasteiger partial charge in [0, 0.05) is 17.1 Å². The van der Waals surface area contributed by atoms with E-state index < -0.39 is 12.2 Å². The second kappa shape index (κ2) is 4.75. The van der Waals surface area contributed by atoms with E-state index in [4.69, 9.17) is 17.3 Å². The Morgan fingerprint density at radius 3 is 2.57 bits per heavy atom. The van der Waals surface area contributed by atoms with Crippen molar-refractivity contribution in [2.24, 2.45) is 5.73 Å². The van der Waals surface area contributed by atoms with E-state index >= 15 is 0 Å². The van der Waals surface area contributed by atoms with E-state index in [2.05, 4.69) is 0 Å². The molecule has 1 aromatic rings. The molecule has 0 saturated carbocycles. The first kappa shape index (κ1) is 11.5. The number of hydrogen-bond donors (Lipinski definition) is 3. The fraction of sp³-hybridized carbons (Fsp3) is 0.400. The molecule has 0 heterocycles. The summed E-state index contributed by atoms with van der Waals surface area (Å²) in [5.41, 5.74) is 6.75. The van der Waals surface area contributed by atoms with E-state index in [1.165, 1.54) is 0 Å². The van der Waals surface area contributed by atoms with Crippen molar-refractivity contribution in [2.75, 3.05) is 6.54 Å². The van der Waals surface area contributed by atoms with Crippen LogP contribution in [0.1, 0.15) is 17.2 Å². The minimum Gasteiger partial charge on any atom is -0.389 e. The molecule has 0 fully saturated rings. The maximum absolute atomic E-state index is 9.65. The van der Waals surface area contributed by atoms with E-state index in [0.29, 0.717) is 10.6 Å². The van der Waals surface area contributed by atoms with E-state index in [-0.39, 0.29) is 6.54 Å². The van der Waals surface area contributed by atoms with Crippen LogP contribution < -0.4 is 5.73 Å². The molecule has 0 aromatic heterocycles. The predicted octanol–water partition coefficient (Wildman–Crippen LogP) is 1.00. The van der Waals surface area contributed by atoms with Gasteiger partial charge in [-0.05, 0) is 18.6 Å². The van der Waals surface area contributed by atoms with Crippen molar-refractivity contribution in [3.8, 4) is 0 Å². The SMILES string of the molecule is Cc1ccc(C(O)C(O)CN)c(Cl)c1. The van der Waals surface area contributed by atoms with Crippen LogP contribution >= 0.6 is 11.6 Å². The minimum absolute atomic E-state index is 0.00533. The summed E-state index contributed by atoms with van der Waals surface area (Å²) in [4.78, 5) is 0. The third-order valence-electron chi connectivity index (χ3n) is 2.08. The molecule has 4 N–H and O–H groups in total. The molecule has 0 spiro atoms. The third kappa shape index (κ3) is 2.45. The summed E-state index contributed by atoms with van der Waals surface area (Å²) in [6.45, 7) is 1.91. The molecule has 0 saturated heterocycles. The van der Waals surface area contributed by atoms with Gasteiger partial charge < -0.3 is 15.9 Å². The molecular weight excluding hydrogens is 202 g/mol. The molecule has 3 nitrogen and oxygen atoms in total. The average molecular weight is 216 g/mol. The van der Waals surface area contributed by atoms with E-state index in [9.17, 15) is 10.2 Å². The van der Waals surface area contributed by atoms with Gasteiger partial charge in [-0.15, -0.1) is 0 Å². The zero-order chi connectivity index (χ0) is 10.7. The molecule has 4 heteroatoms. The van der Waals surface area contributed by atoms with Crippen molar-refractivity contribution in [1.82, 2.24) is 0 Å². The number of aliphatic hydroxyl groups is 2. The molecule has 0 radical (unpaired) electrons. The molecule has 0 aliphatic rings. The number of aryl methyl sites for hydroxylation is 1. The van der Waals surface area contributed by atoms with Gasteiger partial charge in [-0.25, -0.2) is 0 Å². The van der Waals surface area contributed by atoms with Crippen molar-refractivity contribution >= 4 is 11.6 Å². The second-order valence-electron chi connectivity index (χ2n) is 3.27. The number of nitrogens with two attached hydrogens (primary N) is 1. The van der Waals surface area contributed by atoms with Crippen molar-refractivity contribution in [1.29, 1.82) is 0 Å². The first-order valence-corrected chi connectivity index (χ1v) is 4.76. The molecular formula is C10H14ClNO2. The van der Waals surface area contributed by atoms with Crippen LogP contribution in [0.15, 0.2) is 18.2 Å². The minimum atomic E-state index is -1.02. The van der Waals surface area contributed by atoms with Crippen LogP contribution in [-0.4, -0.2) is 22.9 Å². The lowest BCUT2D eigenvalue weighted by Gasteiger charge is -2.17. The van der Waals surface area contributed by atoms with Crippen molar-refractivity contribution < 1.29 is 10.2 Å².